The van der Waals surface area contributed by atoms with Crippen LogP contribution in [0.5, 0.6) is 0 Å². The minimum absolute atomic E-state index is 0.589. The molecule has 0 amide bonds. The molecule has 1 aromatic rings. The van der Waals surface area contributed by atoms with Crippen LogP contribution in [-0.2, 0) is 6.42 Å². The van der Waals surface area contributed by atoms with E-state index in [-0.39, 0.29) is 0 Å². The van der Waals surface area contributed by atoms with Gasteiger partial charge in [-0.3, -0.25) is 4.99 Å². The van der Waals surface area contributed by atoms with Crippen LogP contribution in [0.25, 0.3) is 0 Å². The quantitative estimate of drug-likeness (QED) is 0.723. The molecule has 1 heterocycles. The number of nitrogens with zero attached hydrogens (tertiary/aromatic N) is 1. The second-order valence-electron chi connectivity index (χ2n) is 5.03. The number of hydrogen-bond acceptors (Lipinski definition) is 1. The molecule has 1 nitrogen and oxygen atoms in total. The number of rotatable bonds is 4. The van der Waals surface area contributed by atoms with Gasteiger partial charge in [-0.25, -0.2) is 0 Å². The van der Waals surface area contributed by atoms with E-state index >= 15 is 0 Å². The molecule has 1 aromatic carbocycles. The molecule has 1 heteroatoms. The van der Waals surface area contributed by atoms with Crippen LogP contribution in [0, 0.1) is 5.92 Å². The molecule has 1 atom stereocenters. The lowest BCUT2D eigenvalue weighted by atomic mass is 10.0. The van der Waals surface area contributed by atoms with Crippen LogP contribution < -0.4 is 0 Å². The van der Waals surface area contributed by atoms with Gasteiger partial charge in [0.05, 0.1) is 6.04 Å². The molecule has 0 fully saturated rings. The average Bonchev–Trinajstić information content (AvgIpc) is 2.76. The summed E-state index contributed by atoms with van der Waals surface area (Å²) in [5.74, 6) is 0.703. The van der Waals surface area contributed by atoms with Gasteiger partial charge in [-0.05, 0) is 37.2 Å². The molecule has 1 aliphatic heterocycles. The topological polar surface area (TPSA) is 12.4 Å². The maximum Gasteiger partial charge on any atom is 0.0525 e. The molecule has 0 saturated carbocycles. The molecule has 0 radical (unpaired) electrons. The fourth-order valence-electron chi connectivity index (χ4n) is 2.28. The maximum atomic E-state index is 4.82. The fourth-order valence-corrected chi connectivity index (χ4v) is 2.28. The molecule has 1 aliphatic rings. The number of aryl methyl sites for hydroxylation is 1. The molecule has 0 aliphatic carbocycles. The fraction of sp³-hybridized carbons (Fsp3) is 0.533. The molecule has 0 spiro atoms. The van der Waals surface area contributed by atoms with E-state index < -0.39 is 0 Å². The summed E-state index contributed by atoms with van der Waals surface area (Å²) in [5, 5.41) is 0. The monoisotopic (exact) mass is 215 g/mol. The summed E-state index contributed by atoms with van der Waals surface area (Å²) in [5.41, 5.74) is 2.86. The summed E-state index contributed by atoms with van der Waals surface area (Å²) in [6.45, 7) is 4.54. The van der Waals surface area contributed by atoms with Crippen molar-refractivity contribution in [1.82, 2.24) is 0 Å². The van der Waals surface area contributed by atoms with Gasteiger partial charge >= 0.3 is 0 Å². The number of benzene rings is 1. The minimum Gasteiger partial charge on any atom is -0.291 e. The van der Waals surface area contributed by atoms with Gasteiger partial charge in [0.1, 0.15) is 0 Å². The van der Waals surface area contributed by atoms with Crippen molar-refractivity contribution in [3.05, 3.63) is 35.9 Å². The number of aliphatic imine (C=N–C) groups is 1. The van der Waals surface area contributed by atoms with Crippen molar-refractivity contribution in [3.63, 3.8) is 0 Å². The van der Waals surface area contributed by atoms with Gasteiger partial charge in [0.2, 0.25) is 0 Å². The van der Waals surface area contributed by atoms with Gasteiger partial charge in [-0.1, -0.05) is 44.2 Å². The maximum absolute atomic E-state index is 4.82. The zero-order chi connectivity index (χ0) is 11.4. The van der Waals surface area contributed by atoms with Crippen LogP contribution >= 0.6 is 0 Å². The molecule has 16 heavy (non-hydrogen) atoms. The van der Waals surface area contributed by atoms with Gasteiger partial charge in [-0.2, -0.15) is 0 Å². The van der Waals surface area contributed by atoms with Gasteiger partial charge in [0, 0.05) is 5.71 Å². The summed E-state index contributed by atoms with van der Waals surface area (Å²) in [6, 6.07) is 11.3. The van der Waals surface area contributed by atoms with Crippen LogP contribution in [0.3, 0.4) is 0 Å². The van der Waals surface area contributed by atoms with Crippen molar-refractivity contribution >= 4 is 5.71 Å². The second kappa shape index (κ2) is 5.29. The molecule has 1 unspecified atom stereocenters. The van der Waals surface area contributed by atoms with Crippen molar-refractivity contribution in [2.24, 2.45) is 10.9 Å². The molecule has 0 saturated heterocycles. The second-order valence-corrected chi connectivity index (χ2v) is 5.03. The number of hydrogen-bond donors (Lipinski definition) is 0. The molecule has 0 bridgehead atoms. The van der Waals surface area contributed by atoms with Crippen molar-refractivity contribution in [2.75, 3.05) is 0 Å². The summed E-state index contributed by atoms with van der Waals surface area (Å²) < 4.78 is 0. The van der Waals surface area contributed by atoms with Crippen molar-refractivity contribution in [3.8, 4) is 0 Å². The zero-order valence-electron chi connectivity index (χ0n) is 10.3. The first kappa shape index (κ1) is 11.4. The third-order valence-corrected chi connectivity index (χ3v) is 3.39. The Labute approximate surface area is 98.6 Å². The van der Waals surface area contributed by atoms with E-state index in [2.05, 4.69) is 44.2 Å². The highest BCUT2D eigenvalue weighted by Crippen LogP contribution is 2.22. The SMILES string of the molecule is CC(C)C1CCC(CCc2ccccc2)=N1. The van der Waals surface area contributed by atoms with Crippen LogP contribution in [0.1, 0.15) is 38.7 Å². The molecule has 86 valence electrons. The Balaban J connectivity index is 1.86. The molecular weight excluding hydrogens is 194 g/mol. The minimum atomic E-state index is 0.589. The van der Waals surface area contributed by atoms with Crippen LogP contribution in [-0.4, -0.2) is 11.8 Å². The lowest BCUT2D eigenvalue weighted by molar-refractivity contribution is 0.494. The smallest absolute Gasteiger partial charge is 0.0525 e. The first-order valence-corrected chi connectivity index (χ1v) is 6.35. The van der Waals surface area contributed by atoms with E-state index in [1.54, 1.807) is 0 Å². The van der Waals surface area contributed by atoms with E-state index in [9.17, 15) is 0 Å². The average molecular weight is 215 g/mol. The third-order valence-electron chi connectivity index (χ3n) is 3.39. The van der Waals surface area contributed by atoms with Gasteiger partial charge < -0.3 is 0 Å². The standard InChI is InChI=1S/C15H21N/c1-12(2)15-11-10-14(16-15)9-8-13-6-4-3-5-7-13/h3-7,12,15H,8-11H2,1-2H3. The molecule has 0 N–H and O–H groups in total. The van der Waals surface area contributed by atoms with Crippen LogP contribution in [0.4, 0.5) is 0 Å². The van der Waals surface area contributed by atoms with Crippen molar-refractivity contribution in [2.45, 2.75) is 45.6 Å². The Morgan fingerprint density at radius 2 is 1.94 bits per heavy atom. The van der Waals surface area contributed by atoms with Crippen molar-refractivity contribution < 1.29 is 0 Å². The first-order valence-electron chi connectivity index (χ1n) is 6.35. The highest BCUT2D eigenvalue weighted by Gasteiger charge is 2.19. The van der Waals surface area contributed by atoms with Gasteiger partial charge in [-0.15, -0.1) is 0 Å². The van der Waals surface area contributed by atoms with E-state index in [0.29, 0.717) is 12.0 Å². The van der Waals surface area contributed by atoms with E-state index in [1.165, 1.54) is 24.1 Å². The molecular formula is C15H21N. The van der Waals surface area contributed by atoms with Crippen LogP contribution in [0.15, 0.2) is 35.3 Å². The lowest BCUT2D eigenvalue weighted by Crippen LogP contribution is -2.07. The normalized spacial score (nSPS) is 20.2. The Bertz CT molecular complexity index is 351. The first-order chi connectivity index (χ1) is 7.75. The van der Waals surface area contributed by atoms with E-state index in [0.717, 1.165) is 12.8 Å². The highest BCUT2D eigenvalue weighted by molar-refractivity contribution is 5.86. The highest BCUT2D eigenvalue weighted by atomic mass is 14.8. The predicted octanol–water partition coefficient (Wildman–Crippen LogP) is 3.88. The summed E-state index contributed by atoms with van der Waals surface area (Å²) in [7, 11) is 0. The predicted molar refractivity (Wildman–Crippen MR) is 70.1 cm³/mol. The van der Waals surface area contributed by atoms with Gasteiger partial charge in [0.25, 0.3) is 0 Å². The Hall–Kier alpha value is -1.11. The Morgan fingerprint density at radius 3 is 2.56 bits per heavy atom. The Morgan fingerprint density at radius 1 is 1.19 bits per heavy atom. The van der Waals surface area contributed by atoms with E-state index in [1.807, 2.05) is 0 Å². The summed E-state index contributed by atoms with van der Waals surface area (Å²) in [4.78, 5) is 4.82. The zero-order valence-corrected chi connectivity index (χ0v) is 10.3. The summed E-state index contributed by atoms with van der Waals surface area (Å²) in [6.07, 6.45) is 4.77. The van der Waals surface area contributed by atoms with Gasteiger partial charge in [0.15, 0.2) is 0 Å². The third kappa shape index (κ3) is 2.94. The molecule has 0 aromatic heterocycles. The Kier molecular flexibility index (Phi) is 3.76. The lowest BCUT2D eigenvalue weighted by Gasteiger charge is -2.09. The van der Waals surface area contributed by atoms with Crippen molar-refractivity contribution in [1.29, 1.82) is 0 Å². The molecule has 2 rings (SSSR count). The largest absolute Gasteiger partial charge is 0.291 e. The summed E-state index contributed by atoms with van der Waals surface area (Å²) >= 11 is 0. The van der Waals surface area contributed by atoms with E-state index in [4.69, 9.17) is 4.99 Å². The van der Waals surface area contributed by atoms with Crippen LogP contribution in [0.2, 0.25) is 0 Å².